The Hall–Kier alpha value is -1.04. The average Bonchev–Trinajstić information content (AvgIpc) is 2.47. The lowest BCUT2D eigenvalue weighted by molar-refractivity contribution is -0.145. The van der Waals surface area contributed by atoms with Crippen molar-refractivity contribution in [2.45, 2.75) is 44.4 Å². The molecule has 3 nitrogen and oxygen atoms in total. The molecule has 2 fully saturated rings. The molecule has 1 heterocycles. The van der Waals surface area contributed by atoms with Crippen LogP contribution in [-0.4, -0.2) is 46.8 Å². The van der Waals surface area contributed by atoms with E-state index in [9.17, 15) is 13.9 Å². The van der Waals surface area contributed by atoms with Crippen LogP contribution in [0.15, 0.2) is 18.2 Å². The van der Waals surface area contributed by atoms with Crippen molar-refractivity contribution in [2.75, 3.05) is 26.2 Å². The third-order valence-electron chi connectivity index (χ3n) is 4.94. The van der Waals surface area contributed by atoms with Crippen LogP contribution in [0.2, 0.25) is 0 Å². The molecule has 0 bridgehead atoms. The van der Waals surface area contributed by atoms with E-state index in [1.54, 1.807) is 0 Å². The van der Waals surface area contributed by atoms with E-state index in [0.717, 1.165) is 57.9 Å². The second kappa shape index (κ2) is 6.60. The minimum absolute atomic E-state index is 0.523. The van der Waals surface area contributed by atoms with E-state index in [1.165, 1.54) is 18.6 Å². The van der Waals surface area contributed by atoms with Gasteiger partial charge in [0.05, 0.1) is 0 Å². The maximum atomic E-state index is 13.2. The molecular formula is C17H24F2N2O. The lowest BCUT2D eigenvalue weighted by Crippen LogP contribution is -2.57. The largest absolute Gasteiger partial charge is 0.376 e. The van der Waals surface area contributed by atoms with E-state index in [4.69, 9.17) is 0 Å². The standard InChI is InChI=1S/C17H24F2N2O/c18-15-10-14(11-16(19)12-15)13-20-6-8-21(9-7-20)17(22)4-2-1-3-5-17/h10-12,22H,1-9,13H2. The van der Waals surface area contributed by atoms with Crippen LogP contribution in [0.5, 0.6) is 0 Å². The van der Waals surface area contributed by atoms with Crippen molar-refractivity contribution >= 4 is 0 Å². The quantitative estimate of drug-likeness (QED) is 0.930. The molecule has 5 heteroatoms. The first-order valence-corrected chi connectivity index (χ1v) is 8.20. The van der Waals surface area contributed by atoms with E-state index < -0.39 is 17.4 Å². The molecule has 1 N–H and O–H groups in total. The summed E-state index contributed by atoms with van der Waals surface area (Å²) in [5, 5.41) is 10.8. The Morgan fingerprint density at radius 1 is 0.909 bits per heavy atom. The van der Waals surface area contributed by atoms with Crippen LogP contribution < -0.4 is 0 Å². The van der Waals surface area contributed by atoms with E-state index in [2.05, 4.69) is 9.80 Å². The molecule has 1 saturated heterocycles. The number of nitrogens with zero attached hydrogens (tertiary/aromatic N) is 2. The lowest BCUT2D eigenvalue weighted by Gasteiger charge is -2.46. The van der Waals surface area contributed by atoms with Crippen LogP contribution in [0.4, 0.5) is 8.78 Å². The summed E-state index contributed by atoms with van der Waals surface area (Å²) in [5.41, 5.74) is 0.0392. The summed E-state index contributed by atoms with van der Waals surface area (Å²) in [4.78, 5) is 4.38. The molecule has 0 radical (unpaired) electrons. The van der Waals surface area contributed by atoms with E-state index in [1.807, 2.05) is 0 Å². The molecular weight excluding hydrogens is 286 g/mol. The molecule has 1 saturated carbocycles. The van der Waals surface area contributed by atoms with Crippen LogP contribution in [0.3, 0.4) is 0 Å². The van der Waals surface area contributed by atoms with Gasteiger partial charge in [0, 0.05) is 38.8 Å². The van der Waals surface area contributed by atoms with Crippen molar-refractivity contribution < 1.29 is 13.9 Å². The van der Waals surface area contributed by atoms with Crippen molar-refractivity contribution in [1.82, 2.24) is 9.80 Å². The van der Waals surface area contributed by atoms with Crippen molar-refractivity contribution in [3.05, 3.63) is 35.4 Å². The van der Waals surface area contributed by atoms with E-state index in [-0.39, 0.29) is 0 Å². The topological polar surface area (TPSA) is 26.7 Å². The summed E-state index contributed by atoms with van der Waals surface area (Å²) in [6.45, 7) is 3.82. The minimum Gasteiger partial charge on any atom is -0.376 e. The Kier molecular flexibility index (Phi) is 4.76. The molecule has 0 unspecified atom stereocenters. The first-order chi connectivity index (χ1) is 10.5. The van der Waals surface area contributed by atoms with Gasteiger partial charge in [-0.05, 0) is 43.4 Å². The van der Waals surface area contributed by atoms with Gasteiger partial charge < -0.3 is 5.11 Å². The number of rotatable bonds is 3. The third-order valence-corrected chi connectivity index (χ3v) is 4.94. The summed E-state index contributed by atoms with van der Waals surface area (Å²) in [6, 6.07) is 3.69. The van der Waals surface area contributed by atoms with Gasteiger partial charge in [-0.2, -0.15) is 0 Å². The lowest BCUT2D eigenvalue weighted by atomic mass is 9.90. The molecule has 3 rings (SSSR count). The second-order valence-corrected chi connectivity index (χ2v) is 6.58. The fourth-order valence-electron chi connectivity index (χ4n) is 3.72. The molecule has 2 aliphatic rings. The van der Waals surface area contributed by atoms with Crippen LogP contribution >= 0.6 is 0 Å². The first-order valence-electron chi connectivity index (χ1n) is 8.20. The summed E-state index contributed by atoms with van der Waals surface area (Å²) >= 11 is 0. The molecule has 0 spiro atoms. The number of aliphatic hydroxyl groups is 1. The summed E-state index contributed by atoms with van der Waals surface area (Å²) in [5.74, 6) is -1.05. The van der Waals surface area contributed by atoms with Gasteiger partial charge in [0.25, 0.3) is 0 Å². The van der Waals surface area contributed by atoms with E-state index >= 15 is 0 Å². The highest BCUT2D eigenvalue weighted by atomic mass is 19.1. The highest BCUT2D eigenvalue weighted by Crippen LogP contribution is 2.32. The zero-order valence-electron chi connectivity index (χ0n) is 12.9. The Bertz CT molecular complexity index is 489. The van der Waals surface area contributed by atoms with Gasteiger partial charge in [0.15, 0.2) is 0 Å². The van der Waals surface area contributed by atoms with Gasteiger partial charge in [0.1, 0.15) is 17.4 Å². The van der Waals surface area contributed by atoms with Crippen molar-refractivity contribution in [3.63, 3.8) is 0 Å². The van der Waals surface area contributed by atoms with Crippen molar-refractivity contribution in [2.24, 2.45) is 0 Å². The number of halogens is 2. The Morgan fingerprint density at radius 3 is 2.09 bits per heavy atom. The van der Waals surface area contributed by atoms with E-state index in [0.29, 0.717) is 12.1 Å². The number of hydrogen-bond donors (Lipinski definition) is 1. The molecule has 122 valence electrons. The normalized spacial score (nSPS) is 23.6. The van der Waals surface area contributed by atoms with Crippen molar-refractivity contribution in [1.29, 1.82) is 0 Å². The highest BCUT2D eigenvalue weighted by molar-refractivity contribution is 5.17. The fourth-order valence-corrected chi connectivity index (χ4v) is 3.72. The maximum absolute atomic E-state index is 13.2. The molecule has 0 atom stereocenters. The van der Waals surface area contributed by atoms with Crippen LogP contribution in [0.25, 0.3) is 0 Å². The smallest absolute Gasteiger partial charge is 0.126 e. The van der Waals surface area contributed by atoms with Gasteiger partial charge >= 0.3 is 0 Å². The third kappa shape index (κ3) is 3.65. The summed E-state index contributed by atoms with van der Waals surface area (Å²) < 4.78 is 26.5. The SMILES string of the molecule is OC1(N2CCN(Cc3cc(F)cc(F)c3)CC2)CCCCC1. The van der Waals surface area contributed by atoms with Crippen LogP contribution in [0.1, 0.15) is 37.7 Å². The zero-order valence-corrected chi connectivity index (χ0v) is 12.9. The van der Waals surface area contributed by atoms with Gasteiger partial charge in [-0.3, -0.25) is 9.80 Å². The van der Waals surface area contributed by atoms with Gasteiger partial charge in [0.2, 0.25) is 0 Å². The molecule has 22 heavy (non-hydrogen) atoms. The number of piperazine rings is 1. The van der Waals surface area contributed by atoms with Crippen molar-refractivity contribution in [3.8, 4) is 0 Å². The molecule has 1 aromatic carbocycles. The average molecular weight is 310 g/mol. The monoisotopic (exact) mass is 310 g/mol. The molecule has 1 aromatic rings. The highest BCUT2D eigenvalue weighted by Gasteiger charge is 2.37. The first kappa shape index (κ1) is 15.8. The molecule has 0 amide bonds. The minimum atomic E-state index is -0.630. The predicted molar refractivity (Wildman–Crippen MR) is 81.2 cm³/mol. The number of benzene rings is 1. The predicted octanol–water partition coefficient (Wildman–Crippen LogP) is 2.74. The Balaban J connectivity index is 1.55. The fraction of sp³-hybridized carbons (Fsp3) is 0.647. The Labute approximate surface area is 130 Å². The number of hydrogen-bond acceptors (Lipinski definition) is 3. The maximum Gasteiger partial charge on any atom is 0.126 e. The Morgan fingerprint density at radius 2 is 1.50 bits per heavy atom. The molecule has 0 aromatic heterocycles. The second-order valence-electron chi connectivity index (χ2n) is 6.58. The van der Waals surface area contributed by atoms with Crippen LogP contribution in [0, 0.1) is 11.6 Å². The van der Waals surface area contributed by atoms with Gasteiger partial charge in [-0.15, -0.1) is 0 Å². The van der Waals surface area contributed by atoms with Gasteiger partial charge in [-0.25, -0.2) is 8.78 Å². The summed E-state index contributed by atoms with van der Waals surface area (Å²) in [7, 11) is 0. The van der Waals surface area contributed by atoms with Crippen LogP contribution in [-0.2, 0) is 6.54 Å². The zero-order chi connectivity index (χ0) is 15.6. The molecule has 1 aliphatic carbocycles. The summed E-state index contributed by atoms with van der Waals surface area (Å²) in [6.07, 6.45) is 5.14. The molecule has 1 aliphatic heterocycles. The van der Waals surface area contributed by atoms with Gasteiger partial charge in [-0.1, -0.05) is 6.42 Å².